The van der Waals surface area contributed by atoms with Gasteiger partial charge >= 0.3 is 0 Å². The van der Waals surface area contributed by atoms with E-state index in [1.807, 2.05) is 13.8 Å². The van der Waals surface area contributed by atoms with Crippen LogP contribution in [0, 0.1) is 0 Å². The molecule has 0 saturated carbocycles. The summed E-state index contributed by atoms with van der Waals surface area (Å²) in [4.78, 5) is 26.1. The average molecular weight is 345 g/mol. The molecule has 2 rings (SSSR count). The fourth-order valence-electron chi connectivity index (χ4n) is 2.53. The quantitative estimate of drug-likeness (QED) is 0.913. The predicted octanol–water partition coefficient (Wildman–Crippen LogP) is 2.74. The Morgan fingerprint density at radius 3 is 2.55 bits per heavy atom. The summed E-state index contributed by atoms with van der Waals surface area (Å²) in [5, 5.41) is 3.39. The molecule has 0 bridgehead atoms. The van der Waals surface area contributed by atoms with Crippen molar-refractivity contribution >= 4 is 35.0 Å². The molecule has 0 radical (unpaired) electrons. The van der Waals surface area contributed by atoms with Gasteiger partial charge in [-0.05, 0) is 26.0 Å². The van der Waals surface area contributed by atoms with Crippen molar-refractivity contribution in [3.05, 3.63) is 27.7 Å². The van der Waals surface area contributed by atoms with Crippen molar-refractivity contribution in [3.63, 3.8) is 0 Å². The predicted molar refractivity (Wildman–Crippen MR) is 85.7 cm³/mol. The molecule has 22 heavy (non-hydrogen) atoms. The number of carbonyl (C=O) groups excluding carboxylic acids is 2. The van der Waals surface area contributed by atoms with Crippen LogP contribution in [0.3, 0.4) is 0 Å². The zero-order chi connectivity index (χ0) is 16.4. The molecule has 0 aliphatic carbocycles. The van der Waals surface area contributed by atoms with E-state index in [2.05, 4.69) is 5.32 Å². The number of carbonyl (C=O) groups is 2. The highest BCUT2D eigenvalue weighted by atomic mass is 35.5. The van der Waals surface area contributed by atoms with Crippen LogP contribution in [0.15, 0.2) is 12.1 Å². The number of amides is 2. The molecule has 2 amide bonds. The van der Waals surface area contributed by atoms with Crippen LogP contribution < -0.4 is 10.1 Å². The molecular weight excluding hydrogens is 327 g/mol. The standard InChI is InChI=1S/C15H18Cl2N2O3/c1-8(2)19-7-9(6-12(19)20)18-15(21)13-10(16)4-5-11(17)14(13)22-3/h4-5,8-9H,6-7H2,1-3H3,(H,18,21). The molecule has 120 valence electrons. The number of rotatable bonds is 4. The molecule has 0 spiro atoms. The van der Waals surface area contributed by atoms with Crippen LogP contribution in [0.2, 0.25) is 10.0 Å². The van der Waals surface area contributed by atoms with E-state index < -0.39 is 5.91 Å². The number of methoxy groups -OCH3 is 1. The summed E-state index contributed by atoms with van der Waals surface area (Å²) in [6.45, 7) is 4.38. The van der Waals surface area contributed by atoms with E-state index in [1.165, 1.54) is 7.11 Å². The first-order chi connectivity index (χ1) is 10.3. The SMILES string of the molecule is COc1c(Cl)ccc(Cl)c1C(=O)NC1CC(=O)N(C(C)C)C1. The molecule has 1 fully saturated rings. The number of benzene rings is 1. The third-order valence-corrected chi connectivity index (χ3v) is 4.22. The highest BCUT2D eigenvalue weighted by Crippen LogP contribution is 2.34. The van der Waals surface area contributed by atoms with Crippen molar-refractivity contribution in [2.24, 2.45) is 0 Å². The number of likely N-dealkylation sites (tertiary alicyclic amines) is 1. The summed E-state index contributed by atoms with van der Waals surface area (Å²) in [5.41, 5.74) is 0.187. The Labute approximate surface area is 139 Å². The molecule has 1 unspecified atom stereocenters. The van der Waals surface area contributed by atoms with E-state index >= 15 is 0 Å². The van der Waals surface area contributed by atoms with Gasteiger partial charge in [-0.15, -0.1) is 0 Å². The van der Waals surface area contributed by atoms with E-state index in [1.54, 1.807) is 17.0 Å². The van der Waals surface area contributed by atoms with Gasteiger partial charge in [0.2, 0.25) is 5.91 Å². The maximum Gasteiger partial charge on any atom is 0.256 e. The van der Waals surface area contributed by atoms with Crippen LogP contribution in [-0.2, 0) is 4.79 Å². The Morgan fingerprint density at radius 2 is 2.00 bits per heavy atom. The Bertz CT molecular complexity index is 605. The summed E-state index contributed by atoms with van der Waals surface area (Å²) >= 11 is 12.1. The molecule has 7 heteroatoms. The van der Waals surface area contributed by atoms with Crippen molar-refractivity contribution in [1.29, 1.82) is 0 Å². The molecule has 1 aliphatic heterocycles. The van der Waals surface area contributed by atoms with E-state index in [0.717, 1.165) is 0 Å². The lowest BCUT2D eigenvalue weighted by molar-refractivity contribution is -0.129. The van der Waals surface area contributed by atoms with Crippen LogP contribution in [0.25, 0.3) is 0 Å². The Balaban J connectivity index is 2.18. The Kier molecular flexibility index (Phi) is 5.19. The average Bonchev–Trinajstić information content (AvgIpc) is 2.81. The number of nitrogens with one attached hydrogen (secondary N) is 1. The topological polar surface area (TPSA) is 58.6 Å². The highest BCUT2D eigenvalue weighted by Gasteiger charge is 2.33. The van der Waals surface area contributed by atoms with E-state index in [9.17, 15) is 9.59 Å². The lowest BCUT2D eigenvalue weighted by Gasteiger charge is -2.21. The maximum atomic E-state index is 12.5. The van der Waals surface area contributed by atoms with Gasteiger partial charge in [-0.1, -0.05) is 23.2 Å². The Hall–Kier alpha value is -1.46. The molecular formula is C15H18Cl2N2O3. The lowest BCUT2D eigenvalue weighted by Crippen LogP contribution is -2.39. The molecule has 1 heterocycles. The van der Waals surface area contributed by atoms with E-state index in [0.29, 0.717) is 11.6 Å². The summed E-state index contributed by atoms with van der Waals surface area (Å²) in [5.74, 6) is -0.131. The minimum atomic E-state index is -0.396. The Morgan fingerprint density at radius 1 is 1.36 bits per heavy atom. The summed E-state index contributed by atoms with van der Waals surface area (Å²) in [6, 6.07) is 2.97. The second-order valence-electron chi connectivity index (χ2n) is 5.45. The van der Waals surface area contributed by atoms with Crippen LogP contribution in [0.5, 0.6) is 5.75 Å². The highest BCUT2D eigenvalue weighted by molar-refractivity contribution is 6.37. The van der Waals surface area contributed by atoms with E-state index in [-0.39, 0.29) is 40.7 Å². The lowest BCUT2D eigenvalue weighted by atomic mass is 10.1. The first-order valence-corrected chi connectivity index (χ1v) is 7.73. The van der Waals surface area contributed by atoms with Crippen molar-refractivity contribution < 1.29 is 14.3 Å². The summed E-state index contributed by atoms with van der Waals surface area (Å²) in [7, 11) is 1.42. The fraction of sp³-hybridized carbons (Fsp3) is 0.467. The van der Waals surface area contributed by atoms with Gasteiger partial charge in [-0.25, -0.2) is 0 Å². The van der Waals surface area contributed by atoms with Crippen LogP contribution in [0.4, 0.5) is 0 Å². The number of ether oxygens (including phenoxy) is 1. The second-order valence-corrected chi connectivity index (χ2v) is 6.27. The van der Waals surface area contributed by atoms with E-state index in [4.69, 9.17) is 27.9 Å². The number of hydrogen-bond acceptors (Lipinski definition) is 3. The van der Waals surface area contributed by atoms with Crippen molar-refractivity contribution in [1.82, 2.24) is 10.2 Å². The largest absolute Gasteiger partial charge is 0.494 e. The molecule has 1 aromatic rings. The van der Waals surface area contributed by atoms with Crippen LogP contribution >= 0.6 is 23.2 Å². The minimum absolute atomic E-state index is 0.0319. The van der Waals surface area contributed by atoms with Crippen molar-refractivity contribution in [2.45, 2.75) is 32.4 Å². The first-order valence-electron chi connectivity index (χ1n) is 6.97. The molecule has 1 aromatic carbocycles. The van der Waals surface area contributed by atoms with Gasteiger partial charge in [0.1, 0.15) is 5.56 Å². The van der Waals surface area contributed by atoms with Gasteiger partial charge in [0.05, 0.1) is 23.2 Å². The molecule has 1 N–H and O–H groups in total. The van der Waals surface area contributed by atoms with Gasteiger partial charge in [0, 0.05) is 19.0 Å². The molecule has 1 saturated heterocycles. The smallest absolute Gasteiger partial charge is 0.256 e. The molecule has 5 nitrogen and oxygen atoms in total. The molecule has 1 aliphatic rings. The fourth-order valence-corrected chi connectivity index (χ4v) is 3.00. The van der Waals surface area contributed by atoms with Crippen LogP contribution in [0.1, 0.15) is 30.6 Å². The maximum absolute atomic E-state index is 12.5. The number of hydrogen-bond donors (Lipinski definition) is 1. The zero-order valence-corrected chi connectivity index (χ0v) is 14.2. The monoisotopic (exact) mass is 344 g/mol. The third-order valence-electron chi connectivity index (χ3n) is 3.61. The van der Waals surface area contributed by atoms with Crippen molar-refractivity contribution in [3.8, 4) is 5.75 Å². The van der Waals surface area contributed by atoms with Crippen LogP contribution in [-0.4, -0.2) is 42.5 Å². The molecule has 0 aromatic heterocycles. The first kappa shape index (κ1) is 16.9. The second kappa shape index (κ2) is 6.75. The van der Waals surface area contributed by atoms with Gasteiger partial charge in [0.25, 0.3) is 5.91 Å². The zero-order valence-electron chi connectivity index (χ0n) is 12.7. The van der Waals surface area contributed by atoms with Gasteiger partial charge in [0.15, 0.2) is 5.75 Å². The summed E-state index contributed by atoms with van der Waals surface area (Å²) in [6.07, 6.45) is 0.282. The summed E-state index contributed by atoms with van der Waals surface area (Å²) < 4.78 is 5.17. The number of halogens is 2. The van der Waals surface area contributed by atoms with Gasteiger partial charge < -0.3 is 15.0 Å². The number of nitrogens with zero attached hydrogens (tertiary/aromatic N) is 1. The van der Waals surface area contributed by atoms with Gasteiger partial charge in [-0.2, -0.15) is 0 Å². The van der Waals surface area contributed by atoms with Crippen molar-refractivity contribution in [2.75, 3.05) is 13.7 Å². The third kappa shape index (κ3) is 3.31. The normalized spacial score (nSPS) is 18.0. The minimum Gasteiger partial charge on any atom is -0.494 e. The van der Waals surface area contributed by atoms with Gasteiger partial charge in [-0.3, -0.25) is 9.59 Å². The molecule has 1 atom stereocenters.